The van der Waals surface area contributed by atoms with Crippen molar-refractivity contribution in [2.75, 3.05) is 13.6 Å². The molecule has 0 atom stereocenters. The van der Waals surface area contributed by atoms with Crippen molar-refractivity contribution < 1.29 is 4.74 Å². The largest absolute Gasteiger partial charge is 0.487 e. The van der Waals surface area contributed by atoms with Crippen molar-refractivity contribution in [2.45, 2.75) is 26.6 Å². The summed E-state index contributed by atoms with van der Waals surface area (Å²) >= 11 is 0. The number of nitrogens with zero attached hydrogens (tertiary/aromatic N) is 4. The fourth-order valence-corrected chi connectivity index (χ4v) is 2.99. The molecule has 2 heterocycles. The second-order valence-electron chi connectivity index (χ2n) is 6.89. The van der Waals surface area contributed by atoms with Crippen LogP contribution in [0.1, 0.15) is 23.9 Å². The molecule has 0 aliphatic rings. The Hall–Kier alpha value is -2.55. The minimum atomic E-state index is 0. The lowest BCUT2D eigenvalue weighted by Gasteiger charge is -2.22. The lowest BCUT2D eigenvalue weighted by molar-refractivity contribution is 0.301. The number of benzene rings is 1. The molecule has 30 heavy (non-hydrogen) atoms. The van der Waals surface area contributed by atoms with Gasteiger partial charge in [-0.15, -0.1) is 24.0 Å². The van der Waals surface area contributed by atoms with E-state index < -0.39 is 0 Å². The van der Waals surface area contributed by atoms with Crippen LogP contribution in [-0.4, -0.2) is 34.0 Å². The summed E-state index contributed by atoms with van der Waals surface area (Å²) in [6, 6.07) is 18.1. The number of aryl methyl sites for hydroxylation is 1. The highest BCUT2D eigenvalue weighted by molar-refractivity contribution is 14.0. The molecule has 3 rings (SSSR count). The molecule has 6 nitrogen and oxygen atoms in total. The molecule has 0 aliphatic carbocycles. The Morgan fingerprint density at radius 1 is 1.17 bits per heavy atom. The average molecular weight is 519 g/mol. The molecule has 0 saturated heterocycles. The molecule has 0 spiro atoms. The second-order valence-corrected chi connectivity index (χ2v) is 6.89. The molecule has 7 heteroatoms. The third kappa shape index (κ3) is 7.05. The van der Waals surface area contributed by atoms with Crippen LogP contribution in [0.25, 0.3) is 0 Å². The van der Waals surface area contributed by atoms with Gasteiger partial charge in [0, 0.05) is 38.7 Å². The van der Waals surface area contributed by atoms with Crippen molar-refractivity contribution in [3.8, 4) is 5.75 Å². The van der Waals surface area contributed by atoms with Crippen LogP contribution in [0.15, 0.2) is 72.0 Å². The molecule has 0 bridgehead atoms. The molecule has 0 fully saturated rings. The molecule has 0 saturated carbocycles. The normalized spacial score (nSPS) is 11.0. The number of halogens is 1. The first kappa shape index (κ1) is 23.7. The first-order valence-corrected chi connectivity index (χ1v) is 9.87. The quantitative estimate of drug-likeness (QED) is 0.275. The Kier molecular flexibility index (Phi) is 9.66. The highest BCUT2D eigenvalue weighted by Gasteiger charge is 2.08. The van der Waals surface area contributed by atoms with Gasteiger partial charge in [0.1, 0.15) is 12.4 Å². The van der Waals surface area contributed by atoms with E-state index >= 15 is 0 Å². The number of hydrogen-bond acceptors (Lipinski definition) is 3. The Labute approximate surface area is 196 Å². The van der Waals surface area contributed by atoms with E-state index in [0.29, 0.717) is 13.2 Å². The van der Waals surface area contributed by atoms with Crippen LogP contribution in [-0.2, 0) is 26.7 Å². The Bertz CT molecular complexity index is 926. The summed E-state index contributed by atoms with van der Waals surface area (Å²) in [5, 5.41) is 3.37. The first-order chi connectivity index (χ1) is 14.2. The number of guanidine groups is 1. The van der Waals surface area contributed by atoms with E-state index in [1.165, 1.54) is 5.69 Å². The Morgan fingerprint density at radius 3 is 2.73 bits per heavy atom. The monoisotopic (exact) mass is 519 g/mol. The van der Waals surface area contributed by atoms with Crippen LogP contribution >= 0.6 is 24.0 Å². The maximum absolute atomic E-state index is 5.88. The Balaban J connectivity index is 0.00000320. The van der Waals surface area contributed by atoms with Crippen molar-refractivity contribution in [1.82, 2.24) is 19.8 Å². The lowest BCUT2D eigenvalue weighted by Crippen LogP contribution is -2.38. The highest BCUT2D eigenvalue weighted by Crippen LogP contribution is 2.16. The van der Waals surface area contributed by atoms with Crippen molar-refractivity contribution in [2.24, 2.45) is 12.0 Å². The molecule has 3 aromatic rings. The molecule has 0 unspecified atom stereocenters. The number of nitrogens with one attached hydrogen (secondary N) is 1. The van der Waals surface area contributed by atoms with Gasteiger partial charge in [0.15, 0.2) is 5.96 Å². The maximum Gasteiger partial charge on any atom is 0.194 e. The van der Waals surface area contributed by atoms with Gasteiger partial charge < -0.3 is 19.5 Å². The zero-order valence-corrected chi connectivity index (χ0v) is 20.1. The van der Waals surface area contributed by atoms with Gasteiger partial charge in [0.05, 0.1) is 18.8 Å². The third-order valence-corrected chi connectivity index (χ3v) is 4.57. The van der Waals surface area contributed by atoms with Gasteiger partial charge in [-0.2, -0.15) is 0 Å². The minimum Gasteiger partial charge on any atom is -0.487 e. The van der Waals surface area contributed by atoms with Crippen molar-refractivity contribution in [3.05, 3.63) is 83.9 Å². The van der Waals surface area contributed by atoms with Gasteiger partial charge in [-0.1, -0.05) is 18.2 Å². The average Bonchev–Trinajstić information content (AvgIpc) is 3.15. The van der Waals surface area contributed by atoms with Crippen LogP contribution < -0.4 is 10.1 Å². The molecule has 0 amide bonds. The molecule has 1 N–H and O–H groups in total. The minimum absolute atomic E-state index is 0. The van der Waals surface area contributed by atoms with Crippen molar-refractivity contribution in [1.29, 1.82) is 0 Å². The van der Waals surface area contributed by atoms with Crippen molar-refractivity contribution >= 4 is 29.9 Å². The molecule has 160 valence electrons. The lowest BCUT2D eigenvalue weighted by atomic mass is 10.2. The summed E-state index contributed by atoms with van der Waals surface area (Å²) in [6.45, 7) is 4.74. The summed E-state index contributed by atoms with van der Waals surface area (Å²) < 4.78 is 8.01. The van der Waals surface area contributed by atoms with Crippen LogP contribution in [0.4, 0.5) is 0 Å². The first-order valence-electron chi connectivity index (χ1n) is 9.87. The maximum atomic E-state index is 5.88. The van der Waals surface area contributed by atoms with Crippen LogP contribution in [0.3, 0.4) is 0 Å². The summed E-state index contributed by atoms with van der Waals surface area (Å²) in [5.41, 5.74) is 3.25. The van der Waals surface area contributed by atoms with E-state index in [-0.39, 0.29) is 24.0 Å². The number of ether oxygens (including phenoxy) is 1. The van der Waals surface area contributed by atoms with E-state index in [1.807, 2.05) is 36.4 Å². The van der Waals surface area contributed by atoms with Gasteiger partial charge in [-0.3, -0.25) is 4.98 Å². The van der Waals surface area contributed by atoms with Gasteiger partial charge in [0.2, 0.25) is 0 Å². The number of pyridine rings is 1. The second kappa shape index (κ2) is 12.2. The number of aromatic nitrogens is 2. The van der Waals surface area contributed by atoms with Crippen LogP contribution in [0, 0.1) is 0 Å². The Morgan fingerprint density at radius 2 is 2.03 bits per heavy atom. The van der Waals surface area contributed by atoms with Crippen molar-refractivity contribution in [3.63, 3.8) is 0 Å². The summed E-state index contributed by atoms with van der Waals surface area (Å²) in [4.78, 5) is 11.2. The molecule has 0 radical (unpaired) electrons. The van der Waals surface area contributed by atoms with E-state index in [9.17, 15) is 0 Å². The fourth-order valence-electron chi connectivity index (χ4n) is 2.99. The predicted octanol–water partition coefficient (Wildman–Crippen LogP) is 4.21. The predicted molar refractivity (Wildman–Crippen MR) is 132 cm³/mol. The smallest absolute Gasteiger partial charge is 0.194 e. The fraction of sp³-hybridized carbons (Fsp3) is 0.304. The zero-order valence-electron chi connectivity index (χ0n) is 17.8. The summed E-state index contributed by atoms with van der Waals surface area (Å²) in [6.07, 6.45) is 3.84. The van der Waals surface area contributed by atoms with E-state index in [0.717, 1.165) is 36.1 Å². The topological polar surface area (TPSA) is 54.7 Å². The van der Waals surface area contributed by atoms with Gasteiger partial charge >= 0.3 is 0 Å². The zero-order chi connectivity index (χ0) is 20.5. The number of rotatable bonds is 8. The summed E-state index contributed by atoms with van der Waals surface area (Å²) in [5.74, 6) is 1.71. The number of aliphatic imine (C=N–C) groups is 1. The standard InChI is InChI=1S/C23H29N5O.HI/c1-4-24-23(28(3)17-21-11-8-14-27(21)2)26-16-19-9-7-12-22(15-19)29-18-20-10-5-6-13-25-20;/h5-15H,4,16-18H2,1-3H3,(H,24,26);1H. The molecular weight excluding hydrogens is 489 g/mol. The summed E-state index contributed by atoms with van der Waals surface area (Å²) in [7, 11) is 4.12. The molecule has 2 aromatic heterocycles. The molecular formula is C23H30IN5O. The third-order valence-electron chi connectivity index (χ3n) is 4.57. The number of hydrogen-bond donors (Lipinski definition) is 1. The SMILES string of the molecule is CCNC(=NCc1cccc(OCc2ccccn2)c1)N(C)Cc1cccn1C.I. The van der Waals surface area contributed by atoms with Crippen LogP contribution in [0.5, 0.6) is 5.75 Å². The van der Waals surface area contributed by atoms with Gasteiger partial charge in [-0.25, -0.2) is 4.99 Å². The highest BCUT2D eigenvalue weighted by atomic mass is 127. The molecule has 1 aromatic carbocycles. The van der Waals surface area contributed by atoms with Crippen LogP contribution in [0.2, 0.25) is 0 Å². The molecule has 0 aliphatic heterocycles. The van der Waals surface area contributed by atoms with E-state index in [1.54, 1.807) is 6.20 Å². The van der Waals surface area contributed by atoms with E-state index in [4.69, 9.17) is 9.73 Å². The van der Waals surface area contributed by atoms with Gasteiger partial charge in [-0.05, 0) is 48.9 Å². The van der Waals surface area contributed by atoms with E-state index in [2.05, 4.69) is 65.2 Å². The van der Waals surface area contributed by atoms with Gasteiger partial charge in [0.25, 0.3) is 0 Å².